The maximum absolute atomic E-state index is 5.58. The molecule has 29 heavy (non-hydrogen) atoms. The van der Waals surface area contributed by atoms with Crippen LogP contribution in [0.15, 0.2) is 59.7 Å². The molecule has 2 heterocycles. The number of aromatic nitrogens is 2. The zero-order valence-electron chi connectivity index (χ0n) is 17.0. The van der Waals surface area contributed by atoms with E-state index in [9.17, 15) is 0 Å². The first-order valence-corrected chi connectivity index (χ1v) is 9.98. The third-order valence-corrected chi connectivity index (χ3v) is 5.12. The number of guanidine groups is 1. The van der Waals surface area contributed by atoms with E-state index in [0.29, 0.717) is 6.54 Å². The van der Waals surface area contributed by atoms with Crippen LogP contribution < -0.4 is 10.1 Å². The highest BCUT2D eigenvalue weighted by Gasteiger charge is 2.13. The summed E-state index contributed by atoms with van der Waals surface area (Å²) in [5, 5.41) is 3.45. The molecule has 150 valence electrons. The number of imidazole rings is 1. The third kappa shape index (κ3) is 4.59. The SMILES string of the molecule is CN=C(NCCc1ccc2c(c1)CCO2)N(C)Cc1ncc(-c2ccccc2)[nH]1. The van der Waals surface area contributed by atoms with Crippen LogP contribution in [0.1, 0.15) is 17.0 Å². The Morgan fingerprint density at radius 3 is 2.93 bits per heavy atom. The molecular weight excluding hydrogens is 362 g/mol. The normalized spacial score (nSPS) is 13.1. The molecule has 2 N–H and O–H groups in total. The van der Waals surface area contributed by atoms with E-state index < -0.39 is 0 Å². The summed E-state index contributed by atoms with van der Waals surface area (Å²) in [6.45, 7) is 2.28. The predicted molar refractivity (Wildman–Crippen MR) is 116 cm³/mol. The van der Waals surface area contributed by atoms with Gasteiger partial charge in [0.2, 0.25) is 0 Å². The lowest BCUT2D eigenvalue weighted by Gasteiger charge is -2.21. The monoisotopic (exact) mass is 389 g/mol. The molecule has 3 aromatic rings. The van der Waals surface area contributed by atoms with Crippen LogP contribution in [0.3, 0.4) is 0 Å². The van der Waals surface area contributed by atoms with Crippen LogP contribution in [0.25, 0.3) is 11.3 Å². The number of benzene rings is 2. The van der Waals surface area contributed by atoms with Gasteiger partial charge >= 0.3 is 0 Å². The first-order chi connectivity index (χ1) is 14.2. The maximum Gasteiger partial charge on any atom is 0.193 e. The molecule has 6 nitrogen and oxygen atoms in total. The van der Waals surface area contributed by atoms with Crippen molar-refractivity contribution in [3.63, 3.8) is 0 Å². The molecule has 0 amide bonds. The van der Waals surface area contributed by atoms with Gasteiger partial charge in [0, 0.05) is 27.1 Å². The van der Waals surface area contributed by atoms with E-state index in [1.165, 1.54) is 11.1 Å². The molecular formula is C23H27N5O. The summed E-state index contributed by atoms with van der Waals surface area (Å²) < 4.78 is 5.58. The fourth-order valence-corrected chi connectivity index (χ4v) is 3.61. The van der Waals surface area contributed by atoms with Gasteiger partial charge in [-0.3, -0.25) is 4.99 Å². The lowest BCUT2D eigenvalue weighted by molar-refractivity contribution is 0.357. The van der Waals surface area contributed by atoms with Crippen molar-refractivity contribution >= 4 is 5.96 Å². The van der Waals surface area contributed by atoms with E-state index in [1.54, 1.807) is 0 Å². The number of fused-ring (bicyclic) bond motifs is 1. The molecule has 0 bridgehead atoms. The van der Waals surface area contributed by atoms with Crippen LogP contribution in [0, 0.1) is 0 Å². The Morgan fingerprint density at radius 1 is 1.24 bits per heavy atom. The summed E-state index contributed by atoms with van der Waals surface area (Å²) in [5.74, 6) is 2.80. The Balaban J connectivity index is 1.30. The Kier molecular flexibility index (Phi) is 5.79. The van der Waals surface area contributed by atoms with Crippen molar-refractivity contribution in [3.05, 3.63) is 71.7 Å². The molecule has 0 spiro atoms. The number of rotatable bonds is 6. The van der Waals surface area contributed by atoms with Crippen molar-refractivity contribution < 1.29 is 4.74 Å². The van der Waals surface area contributed by atoms with Gasteiger partial charge < -0.3 is 19.9 Å². The Labute approximate surface area is 171 Å². The fraction of sp³-hybridized carbons (Fsp3) is 0.304. The second-order valence-corrected chi connectivity index (χ2v) is 7.23. The fourth-order valence-electron chi connectivity index (χ4n) is 3.61. The first kappa shape index (κ1) is 19.1. The van der Waals surface area contributed by atoms with Gasteiger partial charge in [0.15, 0.2) is 5.96 Å². The smallest absolute Gasteiger partial charge is 0.193 e. The highest BCUT2D eigenvalue weighted by molar-refractivity contribution is 5.79. The number of hydrogen-bond acceptors (Lipinski definition) is 3. The van der Waals surface area contributed by atoms with E-state index in [1.807, 2.05) is 38.5 Å². The summed E-state index contributed by atoms with van der Waals surface area (Å²) in [6.07, 6.45) is 3.83. The number of nitrogens with one attached hydrogen (secondary N) is 2. The average Bonchev–Trinajstić information content (AvgIpc) is 3.41. The van der Waals surface area contributed by atoms with Gasteiger partial charge in [0.05, 0.1) is 25.0 Å². The van der Waals surface area contributed by atoms with Gasteiger partial charge in [0.1, 0.15) is 11.6 Å². The lowest BCUT2D eigenvalue weighted by atomic mass is 10.1. The van der Waals surface area contributed by atoms with Gasteiger partial charge in [0.25, 0.3) is 0 Å². The molecule has 2 aromatic carbocycles. The summed E-state index contributed by atoms with van der Waals surface area (Å²) in [5.41, 5.74) is 4.79. The molecule has 0 atom stereocenters. The van der Waals surface area contributed by atoms with Crippen molar-refractivity contribution in [2.75, 3.05) is 27.2 Å². The predicted octanol–water partition coefficient (Wildman–Crippen LogP) is 3.26. The van der Waals surface area contributed by atoms with Gasteiger partial charge in [-0.15, -0.1) is 0 Å². The number of hydrogen-bond donors (Lipinski definition) is 2. The van der Waals surface area contributed by atoms with Crippen LogP contribution >= 0.6 is 0 Å². The lowest BCUT2D eigenvalue weighted by Crippen LogP contribution is -2.39. The quantitative estimate of drug-likeness (QED) is 0.502. The average molecular weight is 390 g/mol. The van der Waals surface area contributed by atoms with Gasteiger partial charge in [-0.2, -0.15) is 0 Å². The van der Waals surface area contributed by atoms with Gasteiger partial charge in [-0.25, -0.2) is 4.98 Å². The molecule has 0 aliphatic carbocycles. The minimum Gasteiger partial charge on any atom is -0.493 e. The summed E-state index contributed by atoms with van der Waals surface area (Å²) in [6, 6.07) is 16.7. The maximum atomic E-state index is 5.58. The highest BCUT2D eigenvalue weighted by atomic mass is 16.5. The molecule has 6 heteroatoms. The third-order valence-electron chi connectivity index (χ3n) is 5.12. The minimum atomic E-state index is 0.655. The second-order valence-electron chi connectivity index (χ2n) is 7.23. The minimum absolute atomic E-state index is 0.655. The van der Waals surface area contributed by atoms with E-state index in [4.69, 9.17) is 4.74 Å². The molecule has 0 unspecified atom stereocenters. The van der Waals surface area contributed by atoms with Crippen molar-refractivity contribution in [1.82, 2.24) is 20.2 Å². The number of nitrogens with zero attached hydrogens (tertiary/aromatic N) is 3. The molecule has 1 aliphatic rings. The number of H-pyrrole nitrogens is 1. The largest absolute Gasteiger partial charge is 0.493 e. The molecule has 0 fully saturated rings. The van der Waals surface area contributed by atoms with Crippen LogP contribution in [-0.2, 0) is 19.4 Å². The van der Waals surface area contributed by atoms with Gasteiger partial charge in [-0.1, -0.05) is 42.5 Å². The summed E-state index contributed by atoms with van der Waals surface area (Å²) in [7, 11) is 3.83. The van der Waals surface area contributed by atoms with Crippen molar-refractivity contribution in [1.29, 1.82) is 0 Å². The van der Waals surface area contributed by atoms with Crippen molar-refractivity contribution in [2.45, 2.75) is 19.4 Å². The van der Waals surface area contributed by atoms with Crippen molar-refractivity contribution in [3.8, 4) is 17.0 Å². The van der Waals surface area contributed by atoms with Crippen LogP contribution in [0.5, 0.6) is 5.75 Å². The number of aromatic amines is 1. The first-order valence-electron chi connectivity index (χ1n) is 9.98. The molecule has 1 aromatic heterocycles. The van der Waals surface area contributed by atoms with E-state index >= 15 is 0 Å². The standard InChI is InChI=1S/C23H27N5O/c1-24-23(25-12-10-17-8-9-21-19(14-17)11-13-29-21)28(2)16-22-26-15-20(27-22)18-6-4-3-5-7-18/h3-9,14-15H,10-13,16H2,1-2H3,(H,24,25)(H,26,27). The van der Waals surface area contributed by atoms with Crippen LogP contribution in [0.4, 0.5) is 0 Å². The zero-order chi connectivity index (χ0) is 20.1. The van der Waals surface area contributed by atoms with Crippen LogP contribution in [-0.4, -0.2) is 48.1 Å². The molecule has 1 aliphatic heterocycles. The van der Waals surface area contributed by atoms with Gasteiger partial charge in [-0.05, 0) is 29.2 Å². The summed E-state index contributed by atoms with van der Waals surface area (Å²) >= 11 is 0. The Bertz CT molecular complexity index is 980. The topological polar surface area (TPSA) is 65.5 Å². The van der Waals surface area contributed by atoms with Crippen LogP contribution in [0.2, 0.25) is 0 Å². The molecule has 0 radical (unpaired) electrons. The molecule has 0 saturated heterocycles. The number of aliphatic imine (C=N–C) groups is 1. The van der Waals surface area contributed by atoms with E-state index in [0.717, 1.165) is 54.8 Å². The summed E-state index contributed by atoms with van der Waals surface area (Å²) in [4.78, 5) is 14.4. The Morgan fingerprint density at radius 2 is 2.10 bits per heavy atom. The van der Waals surface area contributed by atoms with E-state index in [-0.39, 0.29) is 0 Å². The number of ether oxygens (including phenoxy) is 1. The Hall–Kier alpha value is -3.28. The second kappa shape index (κ2) is 8.82. The van der Waals surface area contributed by atoms with E-state index in [2.05, 4.69) is 55.5 Å². The molecule has 4 rings (SSSR count). The zero-order valence-corrected chi connectivity index (χ0v) is 17.0. The molecule has 0 saturated carbocycles. The highest BCUT2D eigenvalue weighted by Crippen LogP contribution is 2.25. The van der Waals surface area contributed by atoms with Crippen molar-refractivity contribution in [2.24, 2.45) is 4.99 Å².